The van der Waals surface area contributed by atoms with Crippen LogP contribution in [0.15, 0.2) is 47.4 Å². The van der Waals surface area contributed by atoms with Gasteiger partial charge in [-0.1, -0.05) is 17.3 Å². The van der Waals surface area contributed by atoms with E-state index in [1.807, 2.05) is 0 Å². The molecule has 1 aromatic heterocycles. The van der Waals surface area contributed by atoms with Gasteiger partial charge >= 0.3 is 12.1 Å². The highest BCUT2D eigenvalue weighted by atomic mass is 32.2. The van der Waals surface area contributed by atoms with E-state index in [9.17, 15) is 31.2 Å². The van der Waals surface area contributed by atoms with Crippen LogP contribution in [0.5, 0.6) is 5.75 Å². The van der Waals surface area contributed by atoms with Crippen LogP contribution in [-0.2, 0) is 43.5 Å². The van der Waals surface area contributed by atoms with E-state index in [-0.39, 0.29) is 36.6 Å². The third-order valence-electron chi connectivity index (χ3n) is 5.72. The predicted molar refractivity (Wildman–Crippen MR) is 137 cm³/mol. The molecule has 4 rings (SSSR count). The first kappa shape index (κ1) is 29.8. The Bertz CT molecular complexity index is 1520. The number of esters is 1. The van der Waals surface area contributed by atoms with Crippen molar-refractivity contribution >= 4 is 27.6 Å². The van der Waals surface area contributed by atoms with Crippen LogP contribution >= 0.6 is 0 Å². The fraction of sp³-hybridized carbons (Fsp3) is 0.400. The third-order valence-corrected chi connectivity index (χ3v) is 7.49. The first-order valence-electron chi connectivity index (χ1n) is 12.3. The highest BCUT2D eigenvalue weighted by Gasteiger charge is 2.38. The maximum absolute atomic E-state index is 13.7. The van der Waals surface area contributed by atoms with Gasteiger partial charge in [-0.25, -0.2) is 8.42 Å². The van der Waals surface area contributed by atoms with E-state index in [2.05, 4.69) is 25.9 Å². The molecule has 12 nitrogen and oxygen atoms in total. The van der Waals surface area contributed by atoms with Crippen LogP contribution < -0.4 is 14.4 Å². The second-order valence-corrected chi connectivity index (χ2v) is 12.0. The molecule has 0 saturated heterocycles. The Labute approximate surface area is 233 Å². The van der Waals surface area contributed by atoms with Gasteiger partial charge in [-0.3, -0.25) is 13.9 Å². The standard InChI is InChI=1S/C25H27F3N6O6S/c1-24(2,3)40-23(36)10-15-7-8-20-19(9-15)34(41(37,38)18-6-4-5-16(11-18)25(26,27)28)14-17(39-20)12-22(35)29-13-21-30-32-33-31-21/h4-9,11,17H,10,12-14H2,1-3H3,(H,29,35)(H,30,31,32,33)/t17-/m0/s1. The van der Waals surface area contributed by atoms with Gasteiger partial charge in [-0.15, -0.1) is 10.2 Å². The molecular weight excluding hydrogens is 569 g/mol. The Morgan fingerprint density at radius 3 is 2.59 bits per heavy atom. The number of nitrogens with one attached hydrogen (secondary N) is 2. The largest absolute Gasteiger partial charge is 0.486 e. The first-order chi connectivity index (χ1) is 19.1. The number of carbonyl (C=O) groups is 2. The number of alkyl halides is 3. The van der Waals surface area contributed by atoms with E-state index in [4.69, 9.17) is 9.47 Å². The van der Waals surface area contributed by atoms with Gasteiger partial charge in [0.25, 0.3) is 10.0 Å². The summed E-state index contributed by atoms with van der Waals surface area (Å²) in [6.07, 6.45) is -6.24. The van der Waals surface area contributed by atoms with Gasteiger partial charge in [0.2, 0.25) is 5.91 Å². The molecule has 3 aromatic rings. The van der Waals surface area contributed by atoms with Crippen LogP contribution in [0, 0.1) is 0 Å². The lowest BCUT2D eigenvalue weighted by Crippen LogP contribution is -2.45. The summed E-state index contributed by atoms with van der Waals surface area (Å²) >= 11 is 0. The van der Waals surface area contributed by atoms with Gasteiger partial charge in [0.1, 0.15) is 17.5 Å². The van der Waals surface area contributed by atoms with Crippen LogP contribution in [0.4, 0.5) is 18.9 Å². The highest BCUT2D eigenvalue weighted by molar-refractivity contribution is 7.92. The fourth-order valence-electron chi connectivity index (χ4n) is 4.02. The zero-order valence-electron chi connectivity index (χ0n) is 22.2. The number of amides is 1. The van der Waals surface area contributed by atoms with Gasteiger partial charge in [-0.05, 0) is 56.7 Å². The van der Waals surface area contributed by atoms with Crippen LogP contribution in [0.1, 0.15) is 44.1 Å². The number of ether oxygens (including phenoxy) is 2. The first-order valence-corrected chi connectivity index (χ1v) is 13.8. The van der Waals surface area contributed by atoms with Crippen molar-refractivity contribution in [1.29, 1.82) is 0 Å². The summed E-state index contributed by atoms with van der Waals surface area (Å²) in [5.41, 5.74) is -1.48. The zero-order chi connectivity index (χ0) is 30.0. The molecule has 16 heteroatoms. The van der Waals surface area contributed by atoms with Gasteiger partial charge in [0, 0.05) is 0 Å². The molecule has 1 atom stereocenters. The maximum Gasteiger partial charge on any atom is 0.416 e. The monoisotopic (exact) mass is 596 g/mol. The van der Waals surface area contributed by atoms with Crippen molar-refractivity contribution < 1.29 is 40.7 Å². The maximum atomic E-state index is 13.7. The normalized spacial score (nSPS) is 15.6. The lowest BCUT2D eigenvalue weighted by atomic mass is 10.1. The molecule has 0 aliphatic carbocycles. The molecule has 1 aliphatic rings. The Morgan fingerprint density at radius 2 is 1.93 bits per heavy atom. The molecule has 0 saturated carbocycles. The average Bonchev–Trinajstić information content (AvgIpc) is 3.39. The molecule has 0 spiro atoms. The summed E-state index contributed by atoms with van der Waals surface area (Å²) < 4.78 is 79.8. The number of H-pyrrole nitrogens is 1. The summed E-state index contributed by atoms with van der Waals surface area (Å²) in [5.74, 6) is -0.783. The smallest absolute Gasteiger partial charge is 0.416 e. The summed E-state index contributed by atoms with van der Waals surface area (Å²) in [6, 6.07) is 7.74. The average molecular weight is 597 g/mol. The van der Waals surface area contributed by atoms with E-state index in [1.165, 1.54) is 18.2 Å². The highest BCUT2D eigenvalue weighted by Crippen LogP contribution is 2.39. The molecule has 1 amide bonds. The second-order valence-electron chi connectivity index (χ2n) is 10.2. The van der Waals surface area contributed by atoms with Crippen molar-refractivity contribution in [3.05, 3.63) is 59.4 Å². The number of aromatic nitrogens is 4. The number of anilines is 1. The Hall–Kier alpha value is -4.21. The minimum atomic E-state index is -4.77. The van der Waals surface area contributed by atoms with E-state index in [0.29, 0.717) is 11.6 Å². The number of nitrogens with zero attached hydrogens (tertiary/aromatic N) is 4. The number of rotatable bonds is 8. The molecule has 2 heterocycles. The number of hydrogen-bond donors (Lipinski definition) is 2. The number of hydrogen-bond acceptors (Lipinski definition) is 9. The van der Waals surface area contributed by atoms with Crippen LogP contribution in [0.3, 0.4) is 0 Å². The number of aromatic amines is 1. The van der Waals surface area contributed by atoms with Crippen LogP contribution in [0.25, 0.3) is 0 Å². The topological polar surface area (TPSA) is 156 Å². The minimum Gasteiger partial charge on any atom is -0.486 e. The summed E-state index contributed by atoms with van der Waals surface area (Å²) in [5, 5.41) is 15.6. The summed E-state index contributed by atoms with van der Waals surface area (Å²) in [4.78, 5) is 24.4. The quantitative estimate of drug-likeness (QED) is 0.373. The molecule has 0 fully saturated rings. The number of fused-ring (bicyclic) bond motifs is 1. The molecule has 220 valence electrons. The number of tetrazole rings is 1. The lowest BCUT2D eigenvalue weighted by molar-refractivity contribution is -0.154. The van der Waals surface area contributed by atoms with Crippen LogP contribution in [0.2, 0.25) is 0 Å². The number of carbonyl (C=O) groups excluding carboxylic acids is 2. The number of halogens is 3. The van der Waals surface area contributed by atoms with Crippen molar-refractivity contribution in [2.45, 2.75) is 62.9 Å². The van der Waals surface area contributed by atoms with Gasteiger partial charge in [0.05, 0.1) is 42.1 Å². The SMILES string of the molecule is CC(C)(C)OC(=O)Cc1ccc2c(c1)N(S(=O)(=O)c1cccc(C(F)(F)F)c1)C[C@H](CC(=O)NCc1nn[nH]n1)O2. The van der Waals surface area contributed by atoms with E-state index in [1.54, 1.807) is 20.8 Å². The lowest BCUT2D eigenvalue weighted by Gasteiger charge is -2.35. The predicted octanol–water partition coefficient (Wildman–Crippen LogP) is 2.77. The Balaban J connectivity index is 1.65. The summed E-state index contributed by atoms with van der Waals surface area (Å²) in [6.45, 7) is 4.67. The molecule has 0 radical (unpaired) electrons. The molecule has 2 aromatic carbocycles. The molecule has 2 N–H and O–H groups in total. The number of sulfonamides is 1. The molecule has 1 aliphatic heterocycles. The van der Waals surface area contributed by atoms with Crippen molar-refractivity contribution in [3.63, 3.8) is 0 Å². The third kappa shape index (κ3) is 7.50. The Morgan fingerprint density at radius 1 is 1.17 bits per heavy atom. The van der Waals surface area contributed by atoms with Gasteiger partial charge in [0.15, 0.2) is 5.82 Å². The van der Waals surface area contributed by atoms with Crippen molar-refractivity contribution in [2.24, 2.45) is 0 Å². The van der Waals surface area contributed by atoms with Crippen molar-refractivity contribution in [1.82, 2.24) is 25.9 Å². The minimum absolute atomic E-state index is 0.00641. The fourth-order valence-corrected chi connectivity index (χ4v) is 5.56. The zero-order valence-corrected chi connectivity index (χ0v) is 23.0. The molecular formula is C25H27F3N6O6S. The van der Waals surface area contributed by atoms with E-state index in [0.717, 1.165) is 22.5 Å². The summed E-state index contributed by atoms with van der Waals surface area (Å²) in [7, 11) is -4.58. The Kier molecular flexibility index (Phi) is 8.24. The van der Waals surface area contributed by atoms with E-state index < -0.39 is 56.8 Å². The van der Waals surface area contributed by atoms with Crippen molar-refractivity contribution in [2.75, 3.05) is 10.8 Å². The van der Waals surface area contributed by atoms with Crippen LogP contribution in [-0.4, -0.2) is 59.2 Å². The number of benzene rings is 2. The van der Waals surface area contributed by atoms with Crippen molar-refractivity contribution in [3.8, 4) is 5.75 Å². The van der Waals surface area contributed by atoms with Gasteiger partial charge in [-0.2, -0.15) is 18.4 Å². The molecule has 0 bridgehead atoms. The molecule has 41 heavy (non-hydrogen) atoms. The van der Waals surface area contributed by atoms with E-state index >= 15 is 0 Å². The van der Waals surface area contributed by atoms with Gasteiger partial charge < -0.3 is 14.8 Å². The molecule has 0 unspecified atom stereocenters. The second kappa shape index (κ2) is 11.3.